The molecular formula is C105H146Ge2. The molecule has 2 heteroatoms. The number of hydrogen-bond acceptors (Lipinski definition) is 0. The van der Waals surface area contributed by atoms with Gasteiger partial charge in [0.25, 0.3) is 0 Å². The van der Waals surface area contributed by atoms with Gasteiger partial charge in [-0.25, -0.2) is 0 Å². The van der Waals surface area contributed by atoms with Crippen LogP contribution in [0.15, 0.2) is 152 Å². The predicted molar refractivity (Wildman–Crippen MR) is 484 cm³/mol. The van der Waals surface area contributed by atoms with Crippen LogP contribution in [-0.4, -0.2) is 33.0 Å². The van der Waals surface area contributed by atoms with Crippen LogP contribution in [0.1, 0.15) is 422 Å². The van der Waals surface area contributed by atoms with E-state index in [1.807, 2.05) is 54.6 Å². The minimum absolute atomic E-state index is 0.433. The van der Waals surface area contributed by atoms with Crippen LogP contribution >= 0.6 is 0 Å². The first-order chi connectivity index (χ1) is 50.0. The van der Waals surface area contributed by atoms with Gasteiger partial charge in [-0.2, -0.15) is 0 Å². The molecule has 107 heavy (non-hydrogen) atoms. The van der Waals surface area contributed by atoms with E-state index < -0.39 is 0 Å². The molecule has 0 N–H and O–H groups in total. The van der Waals surface area contributed by atoms with Gasteiger partial charge in [0.15, 0.2) is 0 Å². The maximum atomic E-state index is 2.61. The topological polar surface area (TPSA) is 0 Å². The van der Waals surface area contributed by atoms with Gasteiger partial charge < -0.3 is 0 Å². The molecule has 9 rings (SSSR count). The smallest absolute Gasteiger partial charge is 0.0398 e. The largest absolute Gasteiger partial charge is 0.0622 e. The van der Waals surface area contributed by atoms with Crippen molar-refractivity contribution in [3.8, 4) is 44.5 Å². The zero-order chi connectivity index (χ0) is 80.7. The molecule has 574 valence electrons. The quantitative estimate of drug-likeness (QED) is 0.0667. The third kappa shape index (κ3) is 23.6. The van der Waals surface area contributed by atoms with Gasteiger partial charge in [-0.15, -0.1) is 0 Å². The molecular weight excluding hydrogens is 1410 g/mol. The van der Waals surface area contributed by atoms with Crippen LogP contribution < -0.4 is 8.79 Å². The molecule has 0 saturated heterocycles. The second kappa shape index (κ2) is 41.4. The van der Waals surface area contributed by atoms with Crippen molar-refractivity contribution in [1.29, 1.82) is 0 Å². The van der Waals surface area contributed by atoms with Crippen molar-refractivity contribution in [3.63, 3.8) is 0 Å². The summed E-state index contributed by atoms with van der Waals surface area (Å²) in [6.45, 7) is 82.3. The summed E-state index contributed by atoms with van der Waals surface area (Å²) in [4.78, 5) is 0. The molecule has 0 saturated carbocycles. The zero-order valence-corrected chi connectivity index (χ0v) is 78.4. The van der Waals surface area contributed by atoms with E-state index in [1.165, 1.54) is 159 Å². The van der Waals surface area contributed by atoms with Gasteiger partial charge in [-0.3, -0.25) is 0 Å². The Bertz CT molecular complexity index is 3630. The second-order valence-corrected chi connectivity index (χ2v) is 38.2. The van der Waals surface area contributed by atoms with E-state index in [0.29, 0.717) is 94.7 Å². The fraction of sp³-hybridized carbons (Fsp3) is 0.486. The summed E-state index contributed by atoms with van der Waals surface area (Å²) in [6, 6.07) is 56.3. The Hall–Kier alpha value is -5.93. The molecule has 9 aromatic carbocycles. The summed E-state index contributed by atoms with van der Waals surface area (Å²) in [7, 11) is 0. The Kier molecular flexibility index (Phi) is 35.4. The first-order valence-corrected chi connectivity index (χ1v) is 43.7. The van der Waals surface area contributed by atoms with Crippen molar-refractivity contribution in [1.82, 2.24) is 0 Å². The van der Waals surface area contributed by atoms with E-state index in [0.717, 1.165) is 0 Å². The maximum absolute atomic E-state index is 2.61. The summed E-state index contributed by atoms with van der Waals surface area (Å²) in [5, 5.41) is 0. The molecule has 0 fully saturated rings. The Balaban J connectivity index is 0.000000299. The minimum atomic E-state index is 0.433. The van der Waals surface area contributed by atoms with E-state index in [-0.39, 0.29) is 0 Å². The number of rotatable bonds is 20. The molecule has 0 unspecified atom stereocenters. The molecule has 0 nitrogen and oxygen atoms in total. The fourth-order valence-electron chi connectivity index (χ4n) is 14.9. The molecule has 0 aromatic heterocycles. The van der Waals surface area contributed by atoms with Gasteiger partial charge in [-0.1, -0.05) is 108 Å². The number of hydrogen-bond donors (Lipinski definition) is 0. The van der Waals surface area contributed by atoms with Crippen LogP contribution in [0.4, 0.5) is 0 Å². The van der Waals surface area contributed by atoms with Crippen LogP contribution in [0.5, 0.6) is 0 Å². The molecule has 0 atom stereocenters. The van der Waals surface area contributed by atoms with Gasteiger partial charge >= 0.3 is 552 Å². The van der Waals surface area contributed by atoms with Crippen LogP contribution in [-0.2, 0) is 0 Å². The zero-order valence-electron chi connectivity index (χ0n) is 74.2. The first kappa shape index (κ1) is 91.7. The van der Waals surface area contributed by atoms with Crippen molar-refractivity contribution in [3.05, 3.63) is 257 Å². The van der Waals surface area contributed by atoms with Crippen molar-refractivity contribution >= 4 is 41.8 Å². The normalized spacial score (nSPS) is 11.8. The molecule has 0 aliphatic rings. The summed E-state index contributed by atoms with van der Waals surface area (Å²) in [5.41, 5.74) is 39.9. The van der Waals surface area contributed by atoms with Crippen molar-refractivity contribution < 1.29 is 0 Å². The van der Waals surface area contributed by atoms with Crippen molar-refractivity contribution in [2.45, 2.75) is 337 Å². The van der Waals surface area contributed by atoms with Crippen LogP contribution in [0, 0.1) is 20.8 Å². The minimum Gasteiger partial charge on any atom is -0.0622 e. The molecule has 0 spiro atoms. The summed E-state index contributed by atoms with van der Waals surface area (Å²) < 4.78 is 2.94. The summed E-state index contributed by atoms with van der Waals surface area (Å²) in [6.07, 6.45) is 0. The maximum Gasteiger partial charge on any atom is -0.0398 e. The van der Waals surface area contributed by atoms with Gasteiger partial charge in [0, 0.05) is 0 Å². The van der Waals surface area contributed by atoms with E-state index in [9.17, 15) is 0 Å². The average Bonchev–Trinajstić information content (AvgIpc) is 0.734. The molecule has 0 bridgehead atoms. The monoisotopic (exact) mass is 1550 g/mol. The first-order valence-electron chi connectivity index (χ1n) is 41.6. The molecule has 9 aromatic rings. The van der Waals surface area contributed by atoms with Crippen LogP contribution in [0.25, 0.3) is 44.5 Å². The van der Waals surface area contributed by atoms with Gasteiger partial charge in [0.2, 0.25) is 0 Å². The SMILES string of the molecule is CC(C)c1cc(C(C)C)c(-c2c(C(C)C)cc(C(C)C)c(-c3c(C(C)C)cc(C(C)C)cc3C(C)C)[c]2[Ge])c(C(C)C)c1.CC(C)c1cc(C(C)C)c(-c2c(C(C)C)cc(C(C)C)c(-c3c(C(C)C)cc(C(C)C)cc3C(C)C)[c]2[Ge])c(C(C)C)c1.Cc1ccccc1.Cc1ccccc1.Cc1ccccc1. The summed E-state index contributed by atoms with van der Waals surface area (Å²) >= 11 is 4.91. The van der Waals surface area contributed by atoms with E-state index in [1.54, 1.807) is 0 Å². The van der Waals surface area contributed by atoms with E-state index in [2.05, 4.69) is 372 Å². The second-order valence-electron chi connectivity index (χ2n) is 36.1. The number of benzene rings is 9. The van der Waals surface area contributed by atoms with Crippen LogP contribution in [0.3, 0.4) is 0 Å². The average molecular weight is 1550 g/mol. The molecule has 0 amide bonds. The fourth-order valence-corrected chi connectivity index (χ4v) is 17.2. The Labute approximate surface area is 675 Å². The van der Waals surface area contributed by atoms with Crippen LogP contribution in [0.2, 0.25) is 0 Å². The standard InChI is InChI=1S/2C42H61Ge.3C7H8/c2*1-22(2)30-17-32(24(5)6)38(33(18-30)25(7)8)40-36(28(13)14)21-37(29(15)16)41(42(40)43)39-34(26(9)10)19-31(23(3)4)20-35(39)27(11)12;3*1-7-5-3-2-4-6-7/h2*17-29H,1-16H3;3*2-6H,1H3. The molecule has 0 heterocycles. The molecule has 0 aliphatic carbocycles. The van der Waals surface area contributed by atoms with Crippen molar-refractivity contribution in [2.24, 2.45) is 0 Å². The van der Waals surface area contributed by atoms with Gasteiger partial charge in [-0.05, 0) is 20.8 Å². The van der Waals surface area contributed by atoms with E-state index >= 15 is 0 Å². The Morgan fingerprint density at radius 3 is 0.374 bits per heavy atom. The Morgan fingerprint density at radius 1 is 0.159 bits per heavy atom. The predicted octanol–water partition coefficient (Wildman–Crippen LogP) is 31.6. The van der Waals surface area contributed by atoms with E-state index in [4.69, 9.17) is 0 Å². The van der Waals surface area contributed by atoms with Gasteiger partial charge in [0.05, 0.1) is 0 Å². The summed E-state index contributed by atoms with van der Waals surface area (Å²) in [5.74, 6) is 7.34. The molecule has 0 aliphatic heterocycles. The van der Waals surface area contributed by atoms with Crippen molar-refractivity contribution in [2.75, 3.05) is 0 Å². The third-order valence-corrected chi connectivity index (χ3v) is 23.7. The number of aryl methyl sites for hydroxylation is 3. The third-order valence-electron chi connectivity index (χ3n) is 21.6. The Morgan fingerprint density at radius 2 is 0.280 bits per heavy atom. The molecule has 6 radical (unpaired) electrons. The van der Waals surface area contributed by atoms with Gasteiger partial charge in [0.1, 0.15) is 0 Å².